The van der Waals surface area contributed by atoms with Crippen LogP contribution in [-0.4, -0.2) is 36.7 Å². The molecule has 1 fully saturated rings. The summed E-state index contributed by atoms with van der Waals surface area (Å²) in [6, 6.07) is 0. The molecule has 21 heavy (non-hydrogen) atoms. The van der Waals surface area contributed by atoms with Gasteiger partial charge in [-0.1, -0.05) is 13.8 Å². The predicted molar refractivity (Wildman–Crippen MR) is 83.8 cm³/mol. The maximum absolute atomic E-state index is 11.4. The molecule has 2 heterocycles. The normalized spacial score (nSPS) is 19.5. The van der Waals surface area contributed by atoms with Crippen molar-refractivity contribution >= 4 is 16.0 Å². The van der Waals surface area contributed by atoms with Gasteiger partial charge in [0.15, 0.2) is 0 Å². The van der Waals surface area contributed by atoms with Gasteiger partial charge in [0.2, 0.25) is 16.0 Å². The standard InChI is InChI=1S/C14H24N4O2S/c1-9(2)7-13-10(3)16-14(17-11(13)4)18-6-5-12(8-18)21(15,19)20/h9,12H,5-8H2,1-4H3,(H2,15,19,20)/t12-/m0/s1. The largest absolute Gasteiger partial charge is 0.339 e. The molecule has 1 aromatic rings. The third-order valence-corrected chi connectivity index (χ3v) is 5.23. The Bertz CT molecular complexity index is 605. The second kappa shape index (κ2) is 5.88. The van der Waals surface area contributed by atoms with E-state index in [2.05, 4.69) is 23.8 Å². The highest BCUT2D eigenvalue weighted by atomic mass is 32.2. The molecule has 0 amide bonds. The molecule has 1 aromatic heterocycles. The SMILES string of the molecule is Cc1nc(N2CC[C@H](S(N)(=O)=O)C2)nc(C)c1CC(C)C. The molecule has 1 saturated heterocycles. The molecule has 0 saturated carbocycles. The lowest BCUT2D eigenvalue weighted by Gasteiger charge is -2.19. The van der Waals surface area contributed by atoms with Crippen molar-refractivity contribution < 1.29 is 8.42 Å². The van der Waals surface area contributed by atoms with Crippen LogP contribution in [-0.2, 0) is 16.4 Å². The van der Waals surface area contributed by atoms with Crippen LogP contribution in [0.5, 0.6) is 0 Å². The summed E-state index contributed by atoms with van der Waals surface area (Å²) < 4.78 is 22.9. The Morgan fingerprint density at radius 2 is 1.86 bits per heavy atom. The van der Waals surface area contributed by atoms with Crippen molar-refractivity contribution in [1.82, 2.24) is 9.97 Å². The molecule has 0 bridgehead atoms. The Hall–Kier alpha value is -1.21. The average Bonchev–Trinajstić information content (AvgIpc) is 2.82. The minimum absolute atomic E-state index is 0.376. The number of sulfonamides is 1. The summed E-state index contributed by atoms with van der Waals surface area (Å²) in [5.74, 6) is 1.17. The van der Waals surface area contributed by atoms with Crippen molar-refractivity contribution in [2.75, 3.05) is 18.0 Å². The Morgan fingerprint density at radius 1 is 1.29 bits per heavy atom. The van der Waals surface area contributed by atoms with Gasteiger partial charge in [-0.25, -0.2) is 23.5 Å². The van der Waals surface area contributed by atoms with Gasteiger partial charge >= 0.3 is 0 Å². The predicted octanol–water partition coefficient (Wildman–Crippen LogP) is 1.16. The first-order valence-corrected chi connectivity index (χ1v) is 8.90. The number of primary sulfonamides is 1. The van der Waals surface area contributed by atoms with Crippen LogP contribution in [0.2, 0.25) is 0 Å². The van der Waals surface area contributed by atoms with Gasteiger partial charge in [0.05, 0.1) is 5.25 Å². The molecule has 0 spiro atoms. The molecule has 118 valence electrons. The van der Waals surface area contributed by atoms with Crippen LogP contribution in [0.3, 0.4) is 0 Å². The average molecular weight is 312 g/mol. The van der Waals surface area contributed by atoms with Crippen LogP contribution in [0.25, 0.3) is 0 Å². The smallest absolute Gasteiger partial charge is 0.225 e. The second-order valence-corrected chi connectivity index (χ2v) is 8.06. The number of nitrogens with zero attached hydrogens (tertiary/aromatic N) is 3. The summed E-state index contributed by atoms with van der Waals surface area (Å²) in [4.78, 5) is 11.0. The Morgan fingerprint density at radius 3 is 2.29 bits per heavy atom. The third-order valence-electron chi connectivity index (χ3n) is 3.91. The van der Waals surface area contributed by atoms with E-state index in [9.17, 15) is 8.42 Å². The topological polar surface area (TPSA) is 89.2 Å². The van der Waals surface area contributed by atoms with E-state index >= 15 is 0 Å². The van der Waals surface area contributed by atoms with E-state index in [1.165, 1.54) is 5.56 Å². The van der Waals surface area contributed by atoms with E-state index in [1.54, 1.807) is 0 Å². The molecule has 0 radical (unpaired) electrons. The number of anilines is 1. The van der Waals surface area contributed by atoms with E-state index in [0.29, 0.717) is 31.4 Å². The number of hydrogen-bond donors (Lipinski definition) is 1. The van der Waals surface area contributed by atoms with E-state index in [-0.39, 0.29) is 0 Å². The third kappa shape index (κ3) is 3.71. The Balaban J connectivity index is 2.23. The van der Waals surface area contributed by atoms with Crippen LogP contribution in [0, 0.1) is 19.8 Å². The zero-order chi connectivity index (χ0) is 15.8. The first kappa shape index (κ1) is 16.2. The van der Waals surface area contributed by atoms with Crippen LogP contribution in [0.4, 0.5) is 5.95 Å². The van der Waals surface area contributed by atoms with Gasteiger partial charge in [-0.05, 0) is 38.2 Å². The van der Waals surface area contributed by atoms with Crippen molar-refractivity contribution in [3.63, 3.8) is 0 Å². The quantitative estimate of drug-likeness (QED) is 0.901. The van der Waals surface area contributed by atoms with Gasteiger partial charge in [0, 0.05) is 24.5 Å². The second-order valence-electron chi connectivity index (χ2n) is 6.22. The Kier molecular flexibility index (Phi) is 4.53. The molecular weight excluding hydrogens is 288 g/mol. The highest BCUT2D eigenvalue weighted by Gasteiger charge is 2.32. The van der Waals surface area contributed by atoms with Crippen LogP contribution >= 0.6 is 0 Å². The lowest BCUT2D eigenvalue weighted by Crippen LogP contribution is -2.32. The molecule has 6 nitrogen and oxygen atoms in total. The molecular formula is C14H24N4O2S. The van der Waals surface area contributed by atoms with Gasteiger partial charge in [0.25, 0.3) is 0 Å². The summed E-state index contributed by atoms with van der Waals surface area (Å²) in [5.41, 5.74) is 3.14. The fourth-order valence-corrected chi connectivity index (χ4v) is 3.57. The zero-order valence-corrected chi connectivity index (χ0v) is 13.9. The number of aryl methyl sites for hydroxylation is 2. The van der Waals surface area contributed by atoms with E-state index in [1.807, 2.05) is 18.7 Å². The fourth-order valence-electron chi connectivity index (χ4n) is 2.74. The summed E-state index contributed by atoms with van der Waals surface area (Å²) in [6.07, 6.45) is 1.49. The molecule has 2 rings (SSSR count). The molecule has 1 aliphatic heterocycles. The van der Waals surface area contributed by atoms with Crippen molar-refractivity contribution in [1.29, 1.82) is 0 Å². The zero-order valence-electron chi connectivity index (χ0n) is 13.1. The molecule has 1 aliphatic rings. The fraction of sp³-hybridized carbons (Fsp3) is 0.714. The summed E-state index contributed by atoms with van der Waals surface area (Å²) in [5, 5.41) is 4.71. The number of nitrogens with two attached hydrogens (primary N) is 1. The van der Waals surface area contributed by atoms with Crippen molar-refractivity contribution in [3.05, 3.63) is 17.0 Å². The monoisotopic (exact) mass is 312 g/mol. The van der Waals surface area contributed by atoms with Crippen LogP contribution in [0.15, 0.2) is 0 Å². The van der Waals surface area contributed by atoms with Crippen molar-refractivity contribution in [2.24, 2.45) is 11.1 Å². The van der Waals surface area contributed by atoms with Crippen LogP contribution in [0.1, 0.15) is 37.2 Å². The Labute approximate surface area is 126 Å². The summed E-state index contributed by atoms with van der Waals surface area (Å²) in [6.45, 7) is 9.32. The lowest BCUT2D eigenvalue weighted by molar-refractivity contribution is 0.585. The first-order valence-electron chi connectivity index (χ1n) is 7.29. The van der Waals surface area contributed by atoms with Crippen LogP contribution < -0.4 is 10.0 Å². The van der Waals surface area contributed by atoms with Gasteiger partial charge in [0.1, 0.15) is 0 Å². The molecule has 0 aliphatic carbocycles. The van der Waals surface area contributed by atoms with Gasteiger partial charge in [-0.15, -0.1) is 0 Å². The van der Waals surface area contributed by atoms with Crippen molar-refractivity contribution in [2.45, 2.75) is 45.8 Å². The van der Waals surface area contributed by atoms with E-state index < -0.39 is 15.3 Å². The van der Waals surface area contributed by atoms with Gasteiger partial charge in [-0.3, -0.25) is 0 Å². The molecule has 0 aromatic carbocycles. The molecule has 1 atom stereocenters. The van der Waals surface area contributed by atoms with Gasteiger partial charge in [-0.2, -0.15) is 0 Å². The summed E-state index contributed by atoms with van der Waals surface area (Å²) in [7, 11) is -3.48. The first-order chi connectivity index (χ1) is 9.68. The lowest BCUT2D eigenvalue weighted by atomic mass is 10.0. The number of hydrogen-bond acceptors (Lipinski definition) is 5. The highest BCUT2D eigenvalue weighted by molar-refractivity contribution is 7.89. The highest BCUT2D eigenvalue weighted by Crippen LogP contribution is 2.23. The summed E-state index contributed by atoms with van der Waals surface area (Å²) >= 11 is 0. The molecule has 7 heteroatoms. The molecule has 2 N–H and O–H groups in total. The minimum atomic E-state index is -3.48. The van der Waals surface area contributed by atoms with Crippen molar-refractivity contribution in [3.8, 4) is 0 Å². The maximum Gasteiger partial charge on any atom is 0.225 e. The maximum atomic E-state index is 11.4. The van der Waals surface area contributed by atoms with Gasteiger partial charge < -0.3 is 4.90 Å². The molecule has 0 unspecified atom stereocenters. The van der Waals surface area contributed by atoms with E-state index in [0.717, 1.165) is 17.8 Å². The van der Waals surface area contributed by atoms with E-state index in [4.69, 9.17) is 5.14 Å². The minimum Gasteiger partial charge on any atom is -0.339 e. The number of rotatable bonds is 4. The number of aromatic nitrogens is 2.